The van der Waals surface area contributed by atoms with E-state index >= 15 is 0 Å². The third-order valence-electron chi connectivity index (χ3n) is 6.74. The molecule has 1 unspecified atom stereocenters. The molecule has 0 radical (unpaired) electrons. The molecule has 2 aromatic heterocycles. The van der Waals surface area contributed by atoms with Gasteiger partial charge in [-0.3, -0.25) is 9.89 Å². The van der Waals surface area contributed by atoms with Gasteiger partial charge >= 0.3 is 0 Å². The predicted octanol–water partition coefficient (Wildman–Crippen LogP) is 3.74. The van der Waals surface area contributed by atoms with Crippen LogP contribution in [0.5, 0.6) is 0 Å². The van der Waals surface area contributed by atoms with Gasteiger partial charge in [0.1, 0.15) is 11.7 Å². The highest BCUT2D eigenvalue weighted by Gasteiger charge is 2.36. The maximum atomic E-state index is 13.3. The van der Waals surface area contributed by atoms with E-state index in [-0.39, 0.29) is 5.91 Å². The minimum atomic E-state index is -0.414. The molecule has 34 heavy (non-hydrogen) atoms. The highest BCUT2D eigenvalue weighted by atomic mass is 16.1. The summed E-state index contributed by atoms with van der Waals surface area (Å²) in [4.78, 5) is 25.1. The van der Waals surface area contributed by atoms with Crippen molar-refractivity contribution in [1.29, 1.82) is 0 Å². The summed E-state index contributed by atoms with van der Waals surface area (Å²) in [6.07, 6.45) is 3.52. The van der Waals surface area contributed by atoms with Crippen molar-refractivity contribution in [3.8, 4) is 0 Å². The molecule has 0 saturated heterocycles. The van der Waals surface area contributed by atoms with Crippen molar-refractivity contribution in [2.24, 2.45) is 0 Å². The van der Waals surface area contributed by atoms with Gasteiger partial charge in [0.25, 0.3) is 0 Å². The second-order valence-corrected chi connectivity index (χ2v) is 9.10. The number of nitrogens with zero attached hydrogens (tertiary/aromatic N) is 4. The van der Waals surface area contributed by atoms with Crippen LogP contribution >= 0.6 is 0 Å². The van der Waals surface area contributed by atoms with E-state index in [2.05, 4.69) is 37.9 Å². The minimum absolute atomic E-state index is 0.0439. The first-order valence-corrected chi connectivity index (χ1v) is 11.9. The number of nitrogens with one attached hydrogen (secondary N) is 3. The Morgan fingerprint density at radius 3 is 2.44 bits per heavy atom. The summed E-state index contributed by atoms with van der Waals surface area (Å²) in [6, 6.07) is 20.6. The Bertz CT molecular complexity index is 1300. The third kappa shape index (κ3) is 3.96. The quantitative estimate of drug-likeness (QED) is 0.394. The zero-order chi connectivity index (χ0) is 22.9. The van der Waals surface area contributed by atoms with E-state index in [1.807, 2.05) is 48.5 Å². The fraction of sp³-hybridized carbons (Fsp3) is 0.308. The molecule has 2 aromatic carbocycles. The van der Waals surface area contributed by atoms with Gasteiger partial charge in [0.2, 0.25) is 11.9 Å². The molecular formula is C26H27N7O. The molecule has 8 heteroatoms. The highest BCUT2D eigenvalue weighted by Crippen LogP contribution is 2.38. The maximum absolute atomic E-state index is 13.3. The number of hydrogen-bond acceptors (Lipinski definition) is 6. The highest BCUT2D eigenvalue weighted by molar-refractivity contribution is 5.98. The molecule has 6 rings (SSSR count). The van der Waals surface area contributed by atoms with Crippen LogP contribution in [-0.2, 0) is 17.9 Å². The van der Waals surface area contributed by atoms with Crippen molar-refractivity contribution in [1.82, 2.24) is 25.5 Å². The average Bonchev–Trinajstić information content (AvgIpc) is 3.27. The number of H-pyrrole nitrogens is 1. The van der Waals surface area contributed by atoms with Crippen LogP contribution in [0.1, 0.15) is 42.0 Å². The lowest BCUT2D eigenvalue weighted by Crippen LogP contribution is -2.40. The van der Waals surface area contributed by atoms with Gasteiger partial charge in [0.15, 0.2) is 5.65 Å². The third-order valence-corrected chi connectivity index (χ3v) is 6.74. The number of benzene rings is 2. The van der Waals surface area contributed by atoms with Crippen molar-refractivity contribution in [3.63, 3.8) is 0 Å². The van der Waals surface area contributed by atoms with Crippen molar-refractivity contribution in [2.75, 3.05) is 16.8 Å². The summed E-state index contributed by atoms with van der Waals surface area (Å²) in [5.74, 6) is 0.985. The smallest absolute Gasteiger partial charge is 0.231 e. The van der Waals surface area contributed by atoms with E-state index < -0.39 is 5.92 Å². The number of hydrogen-bond donors (Lipinski definition) is 3. The molecule has 1 aliphatic heterocycles. The van der Waals surface area contributed by atoms with Gasteiger partial charge in [-0.1, -0.05) is 60.7 Å². The van der Waals surface area contributed by atoms with Crippen molar-refractivity contribution in [3.05, 3.63) is 77.5 Å². The van der Waals surface area contributed by atoms with Crippen LogP contribution < -0.4 is 15.5 Å². The van der Waals surface area contributed by atoms with Crippen LogP contribution in [0.3, 0.4) is 0 Å². The van der Waals surface area contributed by atoms with Crippen molar-refractivity contribution < 1.29 is 4.79 Å². The lowest BCUT2D eigenvalue weighted by atomic mass is 9.93. The molecular weight excluding hydrogens is 426 g/mol. The molecule has 1 amide bonds. The maximum Gasteiger partial charge on any atom is 0.231 e. The van der Waals surface area contributed by atoms with Crippen LogP contribution in [0.2, 0.25) is 0 Å². The zero-order valence-electron chi connectivity index (χ0n) is 18.9. The molecule has 1 atom stereocenters. The topological polar surface area (TPSA) is 98.8 Å². The molecule has 0 bridgehead atoms. The number of rotatable bonds is 7. The molecule has 3 heterocycles. The molecule has 0 spiro atoms. The van der Waals surface area contributed by atoms with Crippen molar-refractivity contribution >= 4 is 28.7 Å². The molecule has 172 valence electrons. The predicted molar refractivity (Wildman–Crippen MR) is 131 cm³/mol. The van der Waals surface area contributed by atoms with Crippen LogP contribution in [0.15, 0.2) is 60.7 Å². The van der Waals surface area contributed by atoms with Gasteiger partial charge in [-0.15, -0.1) is 0 Å². The van der Waals surface area contributed by atoms with Crippen LogP contribution in [0, 0.1) is 0 Å². The Morgan fingerprint density at radius 2 is 1.74 bits per heavy atom. The van der Waals surface area contributed by atoms with E-state index in [0.29, 0.717) is 37.3 Å². The molecule has 4 aromatic rings. The zero-order valence-corrected chi connectivity index (χ0v) is 18.9. The average molecular weight is 454 g/mol. The lowest BCUT2D eigenvalue weighted by molar-refractivity contribution is -0.122. The van der Waals surface area contributed by atoms with Gasteiger partial charge < -0.3 is 15.5 Å². The van der Waals surface area contributed by atoms with Crippen molar-refractivity contribution in [2.45, 2.75) is 44.3 Å². The fourth-order valence-electron chi connectivity index (χ4n) is 4.67. The number of amides is 1. The second kappa shape index (κ2) is 8.78. The summed E-state index contributed by atoms with van der Waals surface area (Å²) < 4.78 is 0. The van der Waals surface area contributed by atoms with Gasteiger partial charge in [-0.2, -0.15) is 15.1 Å². The van der Waals surface area contributed by atoms with E-state index in [0.717, 1.165) is 40.9 Å². The van der Waals surface area contributed by atoms with Crippen LogP contribution in [-0.4, -0.2) is 38.7 Å². The first-order valence-electron chi connectivity index (χ1n) is 11.9. The normalized spacial score (nSPS) is 17.4. The Kier molecular flexibility index (Phi) is 5.33. The number of aromatic amines is 1. The Labute approximate surface area is 197 Å². The molecule has 1 fully saturated rings. The standard InChI is InChI=1S/C26H27N7O/c34-25(27-14-17-8-3-1-4-9-17)20-16-33(15-18-10-5-2-6-11-18)24-21-22(20)31-32-23(21)29-26(30-24)28-19-12-7-13-19/h1-6,8-11,19-20H,7,12-16H2,(H,27,34)(H2,28,29,30,31,32). The van der Waals surface area contributed by atoms with Gasteiger partial charge in [0, 0.05) is 25.7 Å². The van der Waals surface area contributed by atoms with E-state index in [4.69, 9.17) is 9.97 Å². The number of carbonyl (C=O) groups is 1. The minimum Gasteiger partial charge on any atom is -0.351 e. The van der Waals surface area contributed by atoms with E-state index in [9.17, 15) is 4.79 Å². The SMILES string of the molecule is O=C(NCc1ccccc1)C1CN(Cc2ccccc2)c2nc(NC3CCC3)nc3[nH]nc1c23. The van der Waals surface area contributed by atoms with Gasteiger partial charge in [0.05, 0.1) is 11.1 Å². The molecule has 8 nitrogen and oxygen atoms in total. The summed E-state index contributed by atoms with van der Waals surface area (Å²) in [5, 5.41) is 15.0. The number of anilines is 2. The van der Waals surface area contributed by atoms with Crippen LogP contribution in [0.25, 0.3) is 11.0 Å². The number of carbonyl (C=O) groups excluding carboxylic acids is 1. The largest absolute Gasteiger partial charge is 0.351 e. The van der Waals surface area contributed by atoms with Gasteiger partial charge in [-0.05, 0) is 30.4 Å². The first kappa shape index (κ1) is 20.7. The second-order valence-electron chi connectivity index (χ2n) is 9.10. The Balaban J connectivity index is 1.34. The summed E-state index contributed by atoms with van der Waals surface area (Å²) in [5.41, 5.74) is 3.61. The van der Waals surface area contributed by atoms with Crippen LogP contribution in [0.4, 0.5) is 11.8 Å². The molecule has 2 aliphatic rings. The summed E-state index contributed by atoms with van der Waals surface area (Å²) in [7, 11) is 0. The van der Waals surface area contributed by atoms with Gasteiger partial charge in [-0.25, -0.2) is 0 Å². The summed E-state index contributed by atoms with van der Waals surface area (Å²) in [6.45, 7) is 1.64. The van der Waals surface area contributed by atoms with E-state index in [1.54, 1.807) is 0 Å². The van der Waals surface area contributed by atoms with E-state index in [1.165, 1.54) is 6.42 Å². The first-order chi connectivity index (χ1) is 16.7. The fourth-order valence-corrected chi connectivity index (χ4v) is 4.67. The Hall–Kier alpha value is -3.94. The monoisotopic (exact) mass is 453 g/mol. The molecule has 1 aliphatic carbocycles. The molecule has 3 N–H and O–H groups in total. The lowest BCUT2D eigenvalue weighted by Gasteiger charge is -2.33. The molecule has 1 saturated carbocycles. The summed E-state index contributed by atoms with van der Waals surface area (Å²) >= 11 is 0. The Morgan fingerprint density at radius 1 is 1.00 bits per heavy atom. The number of aromatic nitrogens is 4.